The van der Waals surface area contributed by atoms with Gasteiger partial charge in [0.25, 0.3) is 0 Å². The monoisotopic (exact) mass is 579 g/mol. The number of aromatic nitrogens is 2. The number of aromatic hydroxyl groups is 1. The van der Waals surface area contributed by atoms with E-state index in [4.69, 9.17) is 31.0 Å². The largest absolute Gasteiger partial charge is 0.508 e. The van der Waals surface area contributed by atoms with Crippen LogP contribution in [0.2, 0.25) is 5.02 Å². The van der Waals surface area contributed by atoms with Crippen LogP contribution in [-0.4, -0.2) is 76.6 Å². The fraction of sp³-hybridized carbons (Fsp3) is 0.548. The van der Waals surface area contributed by atoms with Crippen molar-refractivity contribution in [2.24, 2.45) is 0 Å². The zero-order valence-electron chi connectivity index (χ0n) is 23.0. The van der Waals surface area contributed by atoms with E-state index in [-0.39, 0.29) is 17.4 Å². The van der Waals surface area contributed by atoms with E-state index in [1.807, 2.05) is 18.2 Å². The van der Waals surface area contributed by atoms with Gasteiger partial charge in [-0.15, -0.1) is 0 Å². The third kappa shape index (κ3) is 4.52. The zero-order valence-corrected chi connectivity index (χ0v) is 23.7. The molecule has 8 nitrogen and oxygen atoms in total. The van der Waals surface area contributed by atoms with Crippen LogP contribution in [0.4, 0.5) is 10.2 Å². The Morgan fingerprint density at radius 3 is 2.88 bits per heavy atom. The number of phenols is 1. The number of phenolic OH excluding ortho intramolecular Hbond substituents is 1. The molecule has 6 heterocycles. The molecular formula is C31H35ClFN5O3. The molecule has 2 N–H and O–H groups in total. The summed E-state index contributed by atoms with van der Waals surface area (Å²) in [6.45, 7) is 3.93. The molecule has 0 saturated carbocycles. The van der Waals surface area contributed by atoms with Gasteiger partial charge in [0, 0.05) is 60.5 Å². The molecule has 3 unspecified atom stereocenters. The predicted octanol–water partition coefficient (Wildman–Crippen LogP) is 4.70. The summed E-state index contributed by atoms with van der Waals surface area (Å²) >= 11 is 6.65. The second-order valence-corrected chi connectivity index (χ2v) is 12.9. The molecule has 3 aromatic rings. The van der Waals surface area contributed by atoms with Crippen molar-refractivity contribution in [1.82, 2.24) is 20.2 Å². The first-order valence-electron chi connectivity index (χ1n) is 14.9. The fourth-order valence-corrected chi connectivity index (χ4v) is 8.32. The molecule has 0 aliphatic carbocycles. The Morgan fingerprint density at radius 2 is 2.02 bits per heavy atom. The highest BCUT2D eigenvalue weighted by atomic mass is 35.5. The Morgan fingerprint density at radius 1 is 1.17 bits per heavy atom. The van der Waals surface area contributed by atoms with Crippen LogP contribution in [0.25, 0.3) is 10.8 Å². The van der Waals surface area contributed by atoms with Crippen molar-refractivity contribution >= 4 is 28.2 Å². The molecule has 1 aromatic heterocycles. The standard InChI is InChI=1S/C31H35ClFN5O3/c32-25-4-1-3-18-9-22(39)10-23(28(18)25)27-11-26-24(16-40-27)29(37-14-20-5-6-21(15-37)34-20)36-30(35-26)41-17-31-7-2-8-38(31)13-19(33)12-31/h1,3-4,9-10,19-21,27,34,39H,2,5-8,11-17H2/t19-,20?,21?,27?,31+/m1/s1. The van der Waals surface area contributed by atoms with Gasteiger partial charge in [-0.2, -0.15) is 9.97 Å². The quantitative estimate of drug-likeness (QED) is 0.450. The number of anilines is 1. The first-order valence-corrected chi connectivity index (χ1v) is 15.3. The number of nitrogens with zero attached hydrogens (tertiary/aromatic N) is 4. The van der Waals surface area contributed by atoms with Crippen molar-refractivity contribution < 1.29 is 19.0 Å². The molecule has 4 saturated heterocycles. The van der Waals surface area contributed by atoms with Crippen LogP contribution in [0.1, 0.15) is 55.0 Å². The van der Waals surface area contributed by atoms with Crippen molar-refractivity contribution in [2.75, 3.05) is 37.7 Å². The predicted molar refractivity (Wildman–Crippen MR) is 155 cm³/mol. The average Bonchev–Trinajstić information content (AvgIpc) is 3.61. The van der Waals surface area contributed by atoms with Gasteiger partial charge in [0.2, 0.25) is 0 Å². The number of nitrogens with one attached hydrogen (secondary N) is 1. The van der Waals surface area contributed by atoms with Gasteiger partial charge in [-0.05, 0) is 61.4 Å². The molecular weight excluding hydrogens is 545 g/mol. The Hall–Kier alpha value is -2.72. The SMILES string of the molecule is Oc1cc(C2Cc3nc(OC[C@@]45CCCN4C[C@H](F)C5)nc(N4CC5CCC(C4)N5)c3CO2)c2c(Cl)cccc2c1. The summed E-state index contributed by atoms with van der Waals surface area (Å²) in [5, 5.41) is 16.6. The summed E-state index contributed by atoms with van der Waals surface area (Å²) in [6.07, 6.45) is 4.22. The molecule has 41 heavy (non-hydrogen) atoms. The minimum absolute atomic E-state index is 0.177. The molecule has 216 valence electrons. The number of fused-ring (bicyclic) bond motifs is 5. The van der Waals surface area contributed by atoms with Crippen LogP contribution in [-0.2, 0) is 17.8 Å². The second-order valence-electron chi connectivity index (χ2n) is 12.5. The molecule has 4 fully saturated rings. The van der Waals surface area contributed by atoms with Gasteiger partial charge < -0.3 is 24.8 Å². The molecule has 5 aliphatic heterocycles. The van der Waals surface area contributed by atoms with Gasteiger partial charge in [0.1, 0.15) is 24.3 Å². The van der Waals surface area contributed by atoms with Crippen molar-refractivity contribution in [3.8, 4) is 11.8 Å². The van der Waals surface area contributed by atoms with E-state index >= 15 is 0 Å². The molecule has 0 amide bonds. The van der Waals surface area contributed by atoms with E-state index in [1.54, 1.807) is 12.1 Å². The summed E-state index contributed by atoms with van der Waals surface area (Å²) in [7, 11) is 0. The molecule has 5 atom stereocenters. The van der Waals surface area contributed by atoms with E-state index < -0.39 is 6.17 Å². The summed E-state index contributed by atoms with van der Waals surface area (Å²) in [5.41, 5.74) is 2.47. The first kappa shape index (κ1) is 25.9. The normalized spacial score (nSPS) is 31.0. The molecule has 0 spiro atoms. The van der Waals surface area contributed by atoms with E-state index in [2.05, 4.69) is 15.1 Å². The number of alkyl halides is 1. The van der Waals surface area contributed by atoms with Gasteiger partial charge in [0.15, 0.2) is 0 Å². The summed E-state index contributed by atoms with van der Waals surface area (Å²) in [6, 6.07) is 10.4. The number of halogens is 2. The Bertz CT molecular complexity index is 1500. The van der Waals surface area contributed by atoms with Crippen molar-refractivity contribution in [3.05, 3.63) is 52.2 Å². The zero-order chi connectivity index (χ0) is 27.7. The van der Waals surface area contributed by atoms with Crippen LogP contribution in [0, 0.1) is 0 Å². The summed E-state index contributed by atoms with van der Waals surface area (Å²) < 4.78 is 27.3. The van der Waals surface area contributed by atoms with Gasteiger partial charge in [-0.25, -0.2) is 4.39 Å². The van der Waals surface area contributed by atoms with Crippen LogP contribution in [0.15, 0.2) is 30.3 Å². The maximum atomic E-state index is 14.4. The molecule has 5 aliphatic rings. The average molecular weight is 580 g/mol. The molecule has 0 radical (unpaired) electrons. The minimum atomic E-state index is -0.808. The van der Waals surface area contributed by atoms with E-state index in [1.165, 1.54) is 12.8 Å². The van der Waals surface area contributed by atoms with Gasteiger partial charge in [0.05, 0.1) is 23.9 Å². The lowest BCUT2D eigenvalue weighted by atomic mass is 9.94. The minimum Gasteiger partial charge on any atom is -0.508 e. The number of rotatable bonds is 5. The molecule has 8 rings (SSSR count). The molecule has 2 aromatic carbocycles. The Labute approximate surface area is 243 Å². The maximum absolute atomic E-state index is 14.4. The topological polar surface area (TPSA) is 83.0 Å². The fourth-order valence-electron chi connectivity index (χ4n) is 8.03. The van der Waals surface area contributed by atoms with Crippen molar-refractivity contribution in [2.45, 2.75) is 75.0 Å². The number of piperazine rings is 1. The van der Waals surface area contributed by atoms with Gasteiger partial charge >= 0.3 is 6.01 Å². The number of hydrogen-bond acceptors (Lipinski definition) is 8. The third-order valence-corrected chi connectivity index (χ3v) is 10.2. The van der Waals surface area contributed by atoms with Crippen LogP contribution >= 0.6 is 11.6 Å². The number of hydrogen-bond donors (Lipinski definition) is 2. The van der Waals surface area contributed by atoms with Crippen LogP contribution < -0.4 is 15.0 Å². The van der Waals surface area contributed by atoms with E-state index in [9.17, 15) is 9.50 Å². The lowest BCUT2D eigenvalue weighted by molar-refractivity contribution is 0.0262. The third-order valence-electron chi connectivity index (χ3n) is 9.89. The smallest absolute Gasteiger partial charge is 0.318 e. The molecule has 10 heteroatoms. The van der Waals surface area contributed by atoms with Crippen molar-refractivity contribution in [3.63, 3.8) is 0 Å². The maximum Gasteiger partial charge on any atom is 0.318 e. The highest BCUT2D eigenvalue weighted by Gasteiger charge is 2.49. The summed E-state index contributed by atoms with van der Waals surface area (Å²) in [4.78, 5) is 14.6. The van der Waals surface area contributed by atoms with Crippen molar-refractivity contribution in [1.29, 1.82) is 0 Å². The van der Waals surface area contributed by atoms with E-state index in [0.29, 0.717) is 55.7 Å². The summed E-state index contributed by atoms with van der Waals surface area (Å²) in [5.74, 6) is 1.06. The van der Waals surface area contributed by atoms with Crippen LogP contribution in [0.3, 0.4) is 0 Å². The number of benzene rings is 2. The highest BCUT2D eigenvalue weighted by molar-refractivity contribution is 6.35. The van der Waals surface area contributed by atoms with Gasteiger partial charge in [-0.3, -0.25) is 4.90 Å². The lowest BCUT2D eigenvalue weighted by Crippen LogP contribution is -2.52. The Balaban J connectivity index is 1.15. The Kier molecular flexibility index (Phi) is 6.29. The highest BCUT2D eigenvalue weighted by Crippen LogP contribution is 2.43. The number of ether oxygens (including phenoxy) is 2. The van der Waals surface area contributed by atoms with Gasteiger partial charge in [-0.1, -0.05) is 23.7 Å². The van der Waals surface area contributed by atoms with E-state index in [0.717, 1.165) is 65.9 Å². The second kappa shape index (κ2) is 9.93. The lowest BCUT2D eigenvalue weighted by Gasteiger charge is -2.37. The first-order chi connectivity index (χ1) is 19.9. The van der Waals surface area contributed by atoms with Crippen LogP contribution in [0.5, 0.6) is 11.8 Å². The molecule has 2 bridgehead atoms.